The average molecular weight is 399 g/mol. The van der Waals surface area contributed by atoms with Crippen LogP contribution in [-0.2, 0) is 4.74 Å². The fourth-order valence-corrected chi connectivity index (χ4v) is 3.40. The summed E-state index contributed by atoms with van der Waals surface area (Å²) < 4.78 is 5.36. The normalized spacial score (nSPS) is 19.9. The number of hydrogen-bond donors (Lipinski definition) is 1. The van der Waals surface area contributed by atoms with Crippen molar-refractivity contribution in [1.29, 1.82) is 0 Å². The van der Waals surface area contributed by atoms with Gasteiger partial charge in [0, 0.05) is 37.6 Å². The number of hydrogen-bond acceptors (Lipinski definition) is 5. The molecule has 1 atom stereocenters. The minimum Gasteiger partial charge on any atom is -0.444 e. The van der Waals surface area contributed by atoms with E-state index in [9.17, 15) is 4.79 Å². The van der Waals surface area contributed by atoms with E-state index >= 15 is 0 Å². The van der Waals surface area contributed by atoms with Gasteiger partial charge in [-0.3, -0.25) is 0 Å². The van der Waals surface area contributed by atoms with Crippen LogP contribution in [0.15, 0.2) is 48.0 Å². The van der Waals surface area contributed by atoms with Crippen molar-refractivity contribution in [2.24, 2.45) is 5.92 Å². The van der Waals surface area contributed by atoms with Gasteiger partial charge in [0.2, 0.25) is 5.95 Å². The zero-order valence-electron chi connectivity index (χ0n) is 18.6. The van der Waals surface area contributed by atoms with Gasteiger partial charge in [0.25, 0.3) is 0 Å². The van der Waals surface area contributed by atoms with Gasteiger partial charge in [-0.2, -0.15) is 0 Å². The Bertz CT molecular complexity index is 788. The van der Waals surface area contributed by atoms with E-state index in [4.69, 9.17) is 4.74 Å². The van der Waals surface area contributed by atoms with Gasteiger partial charge in [-0.05, 0) is 76.7 Å². The Morgan fingerprint density at radius 2 is 2.03 bits per heavy atom. The van der Waals surface area contributed by atoms with Gasteiger partial charge in [0.15, 0.2) is 0 Å². The first-order chi connectivity index (χ1) is 13.6. The summed E-state index contributed by atoms with van der Waals surface area (Å²) in [7, 11) is 1.92. The molecule has 0 aliphatic heterocycles. The molecule has 0 bridgehead atoms. The van der Waals surface area contributed by atoms with Crippen molar-refractivity contribution in [2.45, 2.75) is 59.5 Å². The van der Waals surface area contributed by atoms with Crippen LogP contribution in [-0.4, -0.2) is 35.3 Å². The van der Waals surface area contributed by atoms with Crippen molar-refractivity contribution in [3.05, 3.63) is 53.5 Å². The number of nitrogens with zero attached hydrogens (tertiary/aromatic N) is 3. The number of alkyl carbamates (subject to hydrolysis) is 1. The highest BCUT2D eigenvalue weighted by Crippen LogP contribution is 2.34. The van der Waals surface area contributed by atoms with Crippen molar-refractivity contribution in [2.75, 3.05) is 18.5 Å². The minimum absolute atomic E-state index is 0.265. The van der Waals surface area contributed by atoms with Gasteiger partial charge < -0.3 is 15.0 Å². The van der Waals surface area contributed by atoms with E-state index in [0.717, 1.165) is 30.5 Å². The Labute approximate surface area is 174 Å². The Hall–Kier alpha value is -2.63. The van der Waals surface area contributed by atoms with Crippen LogP contribution in [0.2, 0.25) is 0 Å². The van der Waals surface area contributed by atoms with E-state index in [0.29, 0.717) is 12.5 Å². The number of likely N-dealkylation sites (N-methyl/N-ethyl adjacent to an activating group) is 1. The second-order valence-electron chi connectivity index (χ2n) is 8.50. The van der Waals surface area contributed by atoms with Crippen molar-refractivity contribution >= 4 is 12.0 Å². The molecule has 29 heavy (non-hydrogen) atoms. The van der Waals surface area contributed by atoms with E-state index < -0.39 is 5.60 Å². The Morgan fingerprint density at radius 3 is 2.62 bits per heavy atom. The number of aromatic nitrogens is 2. The highest BCUT2D eigenvalue weighted by Gasteiger charge is 2.24. The van der Waals surface area contributed by atoms with Crippen LogP contribution in [0, 0.1) is 12.8 Å². The first-order valence-corrected chi connectivity index (χ1v) is 10.2. The number of anilines is 1. The van der Waals surface area contributed by atoms with Gasteiger partial charge in [0.1, 0.15) is 5.60 Å². The standard InChI is InChI=1S/C23H34N4O2/c1-8-20-18(12-17(3)27(7)21-24-13-16(2)14-25-21)10-9-11-19(20)15-26-22(28)29-23(4,5)6/h8,12-14,19H,3,9-11,15H2,1-2,4-7H3,(H,26,28)/b18-12-,20-8+/t19-/m0/s1. The second-order valence-corrected chi connectivity index (χ2v) is 8.50. The highest BCUT2D eigenvalue weighted by atomic mass is 16.6. The number of rotatable bonds is 5. The van der Waals surface area contributed by atoms with E-state index in [1.807, 2.05) is 46.6 Å². The molecule has 1 N–H and O–H groups in total. The number of allylic oxidation sites excluding steroid dienone is 3. The first kappa shape index (κ1) is 22.7. The maximum absolute atomic E-state index is 12.0. The Balaban J connectivity index is 2.07. The molecule has 6 nitrogen and oxygen atoms in total. The lowest BCUT2D eigenvalue weighted by atomic mass is 9.80. The second kappa shape index (κ2) is 9.72. The number of amides is 1. The summed E-state index contributed by atoms with van der Waals surface area (Å²) in [5.74, 6) is 0.889. The van der Waals surface area contributed by atoms with Crippen molar-refractivity contribution in [1.82, 2.24) is 15.3 Å². The van der Waals surface area contributed by atoms with Crippen molar-refractivity contribution in [3.63, 3.8) is 0 Å². The van der Waals surface area contributed by atoms with Crippen LogP contribution in [0.1, 0.15) is 52.5 Å². The van der Waals surface area contributed by atoms with Crippen LogP contribution in [0.5, 0.6) is 0 Å². The fourth-order valence-electron chi connectivity index (χ4n) is 3.40. The number of ether oxygens (including phenoxy) is 1. The predicted molar refractivity (Wildman–Crippen MR) is 118 cm³/mol. The van der Waals surface area contributed by atoms with Crippen LogP contribution in [0.25, 0.3) is 0 Å². The summed E-state index contributed by atoms with van der Waals surface area (Å²) in [6, 6.07) is 0. The molecule has 0 saturated heterocycles. The number of carbonyl (C=O) groups excluding carboxylic acids is 1. The van der Waals surface area contributed by atoms with Crippen LogP contribution >= 0.6 is 0 Å². The molecule has 6 heteroatoms. The molecule has 0 unspecified atom stereocenters. The van der Waals surface area contributed by atoms with Crippen molar-refractivity contribution in [3.8, 4) is 0 Å². The van der Waals surface area contributed by atoms with Crippen LogP contribution in [0.4, 0.5) is 10.7 Å². The lowest BCUT2D eigenvalue weighted by Crippen LogP contribution is -2.36. The zero-order chi connectivity index (χ0) is 21.6. The third-order valence-electron chi connectivity index (χ3n) is 4.85. The van der Waals surface area contributed by atoms with Gasteiger partial charge >= 0.3 is 6.09 Å². The number of aryl methyl sites for hydroxylation is 1. The fraction of sp³-hybridized carbons (Fsp3) is 0.522. The molecule has 1 aliphatic rings. The molecule has 1 aliphatic carbocycles. The quantitative estimate of drug-likeness (QED) is 0.761. The lowest BCUT2D eigenvalue weighted by Gasteiger charge is -2.29. The Kier molecular flexibility index (Phi) is 7.59. The van der Waals surface area contributed by atoms with E-state index in [-0.39, 0.29) is 12.0 Å². The van der Waals surface area contributed by atoms with Gasteiger partial charge in [-0.15, -0.1) is 0 Å². The van der Waals surface area contributed by atoms with E-state index in [2.05, 4.69) is 34.0 Å². The maximum atomic E-state index is 12.0. The topological polar surface area (TPSA) is 67.3 Å². The SMILES string of the molecule is C=C(/C=C1/CCC[C@@H](CNC(=O)OC(C)(C)C)/C1=C/C)N(C)c1ncc(C)cn1. The molecule has 1 saturated carbocycles. The lowest BCUT2D eigenvalue weighted by molar-refractivity contribution is 0.0520. The molecule has 1 fully saturated rings. The summed E-state index contributed by atoms with van der Waals surface area (Å²) in [6.45, 7) is 14.4. The summed E-state index contributed by atoms with van der Waals surface area (Å²) in [4.78, 5) is 22.7. The summed E-state index contributed by atoms with van der Waals surface area (Å²) >= 11 is 0. The summed E-state index contributed by atoms with van der Waals surface area (Å²) in [6.07, 6.45) is 10.6. The summed E-state index contributed by atoms with van der Waals surface area (Å²) in [5.41, 5.74) is 3.87. The maximum Gasteiger partial charge on any atom is 0.407 e. The molecular formula is C23H34N4O2. The van der Waals surface area contributed by atoms with Gasteiger partial charge in [-0.25, -0.2) is 14.8 Å². The molecule has 1 heterocycles. The summed E-state index contributed by atoms with van der Waals surface area (Å²) in [5, 5.41) is 2.92. The van der Waals surface area contributed by atoms with E-state index in [1.54, 1.807) is 12.4 Å². The van der Waals surface area contributed by atoms with Crippen LogP contribution < -0.4 is 10.2 Å². The molecule has 0 spiro atoms. The molecule has 1 aromatic heterocycles. The largest absolute Gasteiger partial charge is 0.444 e. The molecule has 0 aromatic carbocycles. The first-order valence-electron chi connectivity index (χ1n) is 10.2. The molecule has 1 amide bonds. The van der Waals surface area contributed by atoms with E-state index in [1.165, 1.54) is 11.1 Å². The van der Waals surface area contributed by atoms with Crippen LogP contribution in [0.3, 0.4) is 0 Å². The third-order valence-corrected chi connectivity index (χ3v) is 4.85. The number of carbonyl (C=O) groups is 1. The van der Waals surface area contributed by atoms with Crippen molar-refractivity contribution < 1.29 is 9.53 Å². The number of nitrogens with one attached hydrogen (secondary N) is 1. The molecule has 158 valence electrons. The molecule has 2 rings (SSSR count). The highest BCUT2D eigenvalue weighted by molar-refractivity contribution is 5.67. The van der Waals surface area contributed by atoms with Gasteiger partial charge in [0.05, 0.1) is 0 Å². The minimum atomic E-state index is -0.495. The predicted octanol–water partition coefficient (Wildman–Crippen LogP) is 4.93. The Morgan fingerprint density at radius 1 is 1.38 bits per heavy atom. The van der Waals surface area contributed by atoms with Gasteiger partial charge in [-0.1, -0.05) is 12.7 Å². The molecule has 1 aromatic rings. The average Bonchev–Trinajstić information content (AvgIpc) is 2.65. The monoisotopic (exact) mass is 398 g/mol. The molecule has 0 radical (unpaired) electrons. The zero-order valence-corrected chi connectivity index (χ0v) is 18.6. The molecular weight excluding hydrogens is 364 g/mol. The third kappa shape index (κ3) is 6.73. The smallest absolute Gasteiger partial charge is 0.407 e.